The van der Waals surface area contributed by atoms with Crippen LogP contribution >= 0.6 is 0 Å². The molecule has 0 spiro atoms. The number of hydrogen-bond acceptors (Lipinski definition) is 7. The lowest BCUT2D eigenvalue weighted by molar-refractivity contribution is 0.383. The maximum Gasteiger partial charge on any atom is 0.223 e. The quantitative estimate of drug-likeness (QED) is 0.712. The van der Waals surface area contributed by atoms with Gasteiger partial charge in [-0.25, -0.2) is 9.97 Å². The predicted molar refractivity (Wildman–Crippen MR) is 79.4 cm³/mol. The number of anilines is 1. The average Bonchev–Trinajstić information content (AvgIpc) is 3.19. The minimum atomic E-state index is 0.0927. The van der Waals surface area contributed by atoms with E-state index in [4.69, 9.17) is 4.52 Å². The van der Waals surface area contributed by atoms with E-state index in [1.165, 1.54) is 0 Å². The largest absolute Gasteiger partial charge is 0.345 e. The molecule has 8 heteroatoms. The van der Waals surface area contributed by atoms with Crippen LogP contribution in [-0.2, 0) is 7.05 Å². The van der Waals surface area contributed by atoms with Crippen molar-refractivity contribution < 1.29 is 4.52 Å². The zero-order valence-electron chi connectivity index (χ0n) is 12.8. The second-order valence-corrected chi connectivity index (χ2v) is 5.62. The van der Waals surface area contributed by atoms with Crippen molar-refractivity contribution in [1.29, 1.82) is 0 Å². The summed E-state index contributed by atoms with van der Waals surface area (Å²) in [4.78, 5) is 15.8. The highest BCUT2D eigenvalue weighted by atomic mass is 16.5. The van der Waals surface area contributed by atoms with E-state index < -0.39 is 0 Å². The van der Waals surface area contributed by atoms with E-state index in [-0.39, 0.29) is 6.04 Å². The first kappa shape index (κ1) is 13.2. The maximum atomic E-state index is 5.14. The third kappa shape index (κ3) is 1.94. The molecule has 0 radical (unpaired) electrons. The van der Waals surface area contributed by atoms with Crippen molar-refractivity contribution in [3.63, 3.8) is 0 Å². The first-order valence-corrected chi connectivity index (χ1v) is 7.36. The molecule has 0 amide bonds. The van der Waals surface area contributed by atoms with Crippen LogP contribution < -0.4 is 4.90 Å². The highest BCUT2D eigenvalue weighted by Crippen LogP contribution is 2.36. The van der Waals surface area contributed by atoms with E-state index in [1.54, 1.807) is 4.68 Å². The molecule has 0 N–H and O–H groups in total. The van der Waals surface area contributed by atoms with Crippen LogP contribution in [0.25, 0.3) is 11.0 Å². The molecule has 3 aromatic heterocycles. The summed E-state index contributed by atoms with van der Waals surface area (Å²) < 4.78 is 6.91. The lowest BCUT2D eigenvalue weighted by Gasteiger charge is -2.24. The Morgan fingerprint density at radius 1 is 1.23 bits per heavy atom. The van der Waals surface area contributed by atoms with Crippen molar-refractivity contribution in [3.05, 3.63) is 23.7 Å². The molecule has 114 valence electrons. The number of nitrogens with zero attached hydrogens (tertiary/aromatic N) is 7. The van der Waals surface area contributed by atoms with Crippen LogP contribution in [0.2, 0.25) is 0 Å². The zero-order chi connectivity index (χ0) is 15.3. The first-order valence-electron chi connectivity index (χ1n) is 7.36. The monoisotopic (exact) mass is 299 g/mol. The summed E-state index contributed by atoms with van der Waals surface area (Å²) in [6.45, 7) is 4.63. The Balaban J connectivity index is 1.83. The molecule has 1 fully saturated rings. The Morgan fingerprint density at radius 3 is 2.86 bits per heavy atom. The molecule has 22 heavy (non-hydrogen) atoms. The second-order valence-electron chi connectivity index (χ2n) is 5.62. The molecule has 0 saturated carbocycles. The molecule has 3 aromatic rings. The Kier molecular flexibility index (Phi) is 2.85. The third-order valence-corrected chi connectivity index (χ3v) is 4.05. The molecule has 8 nitrogen and oxygen atoms in total. The average molecular weight is 299 g/mol. The molecule has 0 aromatic carbocycles. The fourth-order valence-electron chi connectivity index (χ4n) is 3.07. The van der Waals surface area contributed by atoms with Gasteiger partial charge < -0.3 is 9.42 Å². The number of aromatic nitrogens is 6. The van der Waals surface area contributed by atoms with Crippen LogP contribution in [0.3, 0.4) is 0 Å². The van der Waals surface area contributed by atoms with Gasteiger partial charge in [-0.1, -0.05) is 5.16 Å². The normalized spacial score (nSPS) is 18.5. The van der Waals surface area contributed by atoms with Crippen LogP contribution in [0.15, 0.2) is 10.7 Å². The standard InChI is InChI=1S/C14H17N7O/c1-8-16-13-10(7-15-20(13)3)14(17-8)21-6-4-5-11(21)12-18-9(2)22-19-12/h7,11H,4-6H2,1-3H3/t11-/m1/s1. The first-order chi connectivity index (χ1) is 10.6. The molecule has 1 aliphatic rings. The Morgan fingerprint density at radius 2 is 2.09 bits per heavy atom. The zero-order valence-corrected chi connectivity index (χ0v) is 12.8. The SMILES string of the molecule is Cc1nc(N2CCC[C@@H]2c2noc(C)n2)c2cnn(C)c2n1. The number of fused-ring (bicyclic) bond motifs is 1. The van der Waals surface area contributed by atoms with Gasteiger partial charge in [-0.05, 0) is 19.8 Å². The second kappa shape index (κ2) is 4.75. The lowest BCUT2D eigenvalue weighted by atomic mass is 10.2. The summed E-state index contributed by atoms with van der Waals surface area (Å²) in [6, 6.07) is 0.0927. The van der Waals surface area contributed by atoms with Gasteiger partial charge >= 0.3 is 0 Å². The molecule has 0 unspecified atom stereocenters. The van der Waals surface area contributed by atoms with Crippen LogP contribution in [0.4, 0.5) is 5.82 Å². The van der Waals surface area contributed by atoms with Gasteiger partial charge in [0.05, 0.1) is 17.6 Å². The van der Waals surface area contributed by atoms with Gasteiger partial charge in [-0.3, -0.25) is 4.68 Å². The third-order valence-electron chi connectivity index (χ3n) is 4.05. The fraction of sp³-hybridized carbons (Fsp3) is 0.500. The smallest absolute Gasteiger partial charge is 0.223 e. The molecule has 1 aliphatic heterocycles. The summed E-state index contributed by atoms with van der Waals surface area (Å²) in [5.41, 5.74) is 0.845. The summed E-state index contributed by atoms with van der Waals surface area (Å²) >= 11 is 0. The Labute approximate surface area is 127 Å². The van der Waals surface area contributed by atoms with Gasteiger partial charge in [0, 0.05) is 20.5 Å². The number of hydrogen-bond donors (Lipinski definition) is 0. The summed E-state index contributed by atoms with van der Waals surface area (Å²) in [6.07, 6.45) is 3.88. The summed E-state index contributed by atoms with van der Waals surface area (Å²) in [5, 5.41) is 9.36. The molecule has 0 bridgehead atoms. The Hall–Kier alpha value is -2.51. The predicted octanol–water partition coefficient (Wildman–Crippen LogP) is 1.70. The van der Waals surface area contributed by atoms with E-state index in [9.17, 15) is 0 Å². The van der Waals surface area contributed by atoms with Gasteiger partial charge in [-0.15, -0.1) is 0 Å². The van der Waals surface area contributed by atoms with Crippen molar-refractivity contribution in [2.45, 2.75) is 32.7 Å². The van der Waals surface area contributed by atoms with Gasteiger partial charge in [0.2, 0.25) is 5.89 Å². The minimum absolute atomic E-state index is 0.0927. The van der Waals surface area contributed by atoms with Crippen molar-refractivity contribution in [3.8, 4) is 0 Å². The van der Waals surface area contributed by atoms with Gasteiger partial charge in [-0.2, -0.15) is 10.1 Å². The molecular weight excluding hydrogens is 282 g/mol. The molecule has 1 saturated heterocycles. The van der Waals surface area contributed by atoms with E-state index in [0.29, 0.717) is 5.89 Å². The van der Waals surface area contributed by atoms with Crippen molar-refractivity contribution in [1.82, 2.24) is 29.9 Å². The topological polar surface area (TPSA) is 85.8 Å². The van der Waals surface area contributed by atoms with Crippen LogP contribution in [0.5, 0.6) is 0 Å². The van der Waals surface area contributed by atoms with Crippen LogP contribution in [0.1, 0.15) is 36.4 Å². The van der Waals surface area contributed by atoms with Crippen molar-refractivity contribution in [2.75, 3.05) is 11.4 Å². The van der Waals surface area contributed by atoms with Crippen molar-refractivity contribution >= 4 is 16.9 Å². The molecule has 4 heterocycles. The highest BCUT2D eigenvalue weighted by Gasteiger charge is 2.32. The lowest BCUT2D eigenvalue weighted by Crippen LogP contribution is -2.25. The maximum absolute atomic E-state index is 5.14. The number of aryl methyl sites for hydroxylation is 3. The summed E-state index contributed by atoms with van der Waals surface area (Å²) in [7, 11) is 1.89. The van der Waals surface area contributed by atoms with Gasteiger partial charge in [0.1, 0.15) is 11.6 Å². The van der Waals surface area contributed by atoms with Crippen molar-refractivity contribution in [2.24, 2.45) is 7.05 Å². The highest BCUT2D eigenvalue weighted by molar-refractivity contribution is 5.87. The fourth-order valence-corrected chi connectivity index (χ4v) is 3.07. The van der Waals surface area contributed by atoms with Crippen LogP contribution in [-0.4, -0.2) is 36.4 Å². The van der Waals surface area contributed by atoms with E-state index in [0.717, 1.165) is 47.9 Å². The van der Waals surface area contributed by atoms with Gasteiger partial charge in [0.15, 0.2) is 11.5 Å². The van der Waals surface area contributed by atoms with E-state index in [2.05, 4.69) is 30.1 Å². The molecule has 1 atom stereocenters. The molecule has 0 aliphatic carbocycles. The van der Waals surface area contributed by atoms with E-state index >= 15 is 0 Å². The van der Waals surface area contributed by atoms with Gasteiger partial charge in [0.25, 0.3) is 0 Å². The van der Waals surface area contributed by atoms with Crippen LogP contribution in [0, 0.1) is 13.8 Å². The minimum Gasteiger partial charge on any atom is -0.345 e. The summed E-state index contributed by atoms with van der Waals surface area (Å²) in [5.74, 6) is 2.96. The number of rotatable bonds is 2. The molecule has 4 rings (SSSR count). The van der Waals surface area contributed by atoms with E-state index in [1.807, 2.05) is 27.1 Å². The Bertz CT molecular complexity index is 837. The molecular formula is C14H17N7O.